The van der Waals surface area contributed by atoms with Crippen LogP contribution in [0.3, 0.4) is 0 Å². The molecule has 0 fully saturated rings. The first-order valence-electron chi connectivity index (χ1n) is 18.4. The third-order valence-electron chi connectivity index (χ3n) is 10.8. The first kappa shape index (κ1) is 39.6. The van der Waals surface area contributed by atoms with Crippen LogP contribution in [-0.2, 0) is 27.1 Å². The minimum atomic E-state index is -3.28. The zero-order valence-electron chi connectivity index (χ0n) is 31.6. The molecule has 0 aliphatic heterocycles. The summed E-state index contributed by atoms with van der Waals surface area (Å²) in [5.41, 5.74) is 1.36. The maximum atomic E-state index is 14.8. The van der Waals surface area contributed by atoms with E-state index in [-0.39, 0.29) is 31.2 Å². The van der Waals surface area contributed by atoms with Gasteiger partial charge in [0.05, 0.1) is 12.6 Å². The third kappa shape index (κ3) is 9.50. The maximum Gasteiger partial charge on any atom is 0.410 e. The molecule has 5 rings (SSSR count). The fraction of sp³-hybridized carbons (Fsp3) is 0.289. The summed E-state index contributed by atoms with van der Waals surface area (Å²) in [4.78, 5) is 29.2. The number of carbonyl (C=O) groups excluding carboxylic acids is 2. The van der Waals surface area contributed by atoms with Gasteiger partial charge in [0.2, 0.25) is 0 Å². The molecule has 8 heteroatoms. The predicted octanol–water partition coefficient (Wildman–Crippen LogP) is 7.71. The average molecular weight is 744 g/mol. The number of amides is 1. The van der Waals surface area contributed by atoms with E-state index in [0.717, 1.165) is 26.7 Å². The monoisotopic (exact) mass is 743 g/mol. The van der Waals surface area contributed by atoms with Gasteiger partial charge in [-0.15, -0.1) is 0 Å². The summed E-state index contributed by atoms with van der Waals surface area (Å²) >= 11 is 0. The SMILES string of the molecule is CC(C)(C)[Si](C)(C)OC[C@H]([C@H](CC(O)C=O)[Si](c1ccccc1)(c1ccccc1)c1ccccc1)N(Cc1ccccc1)C(=O)OCc1ccccc1. The smallest absolute Gasteiger partial charge is 0.410 e. The lowest BCUT2D eigenvalue weighted by molar-refractivity contribution is -0.115. The highest BCUT2D eigenvalue weighted by molar-refractivity contribution is 7.12. The van der Waals surface area contributed by atoms with Gasteiger partial charge in [-0.1, -0.05) is 172 Å². The van der Waals surface area contributed by atoms with Crippen molar-refractivity contribution in [2.24, 2.45) is 0 Å². The van der Waals surface area contributed by atoms with E-state index < -0.39 is 40.2 Å². The highest BCUT2D eigenvalue weighted by Crippen LogP contribution is 2.40. The highest BCUT2D eigenvalue weighted by atomic mass is 28.4. The third-order valence-corrected chi connectivity index (χ3v) is 20.8. The van der Waals surface area contributed by atoms with Crippen molar-refractivity contribution in [1.82, 2.24) is 4.90 Å². The van der Waals surface area contributed by atoms with Crippen molar-refractivity contribution in [1.29, 1.82) is 0 Å². The fourth-order valence-electron chi connectivity index (χ4n) is 7.02. The molecule has 0 aliphatic rings. The number of aldehydes is 1. The Morgan fingerprint density at radius 3 is 1.53 bits per heavy atom. The van der Waals surface area contributed by atoms with Crippen LogP contribution in [0.25, 0.3) is 0 Å². The van der Waals surface area contributed by atoms with E-state index in [9.17, 15) is 14.7 Å². The van der Waals surface area contributed by atoms with Crippen LogP contribution in [0.4, 0.5) is 4.79 Å². The molecule has 0 spiro atoms. The van der Waals surface area contributed by atoms with E-state index in [1.54, 1.807) is 0 Å². The lowest BCUT2D eigenvalue weighted by atomic mass is 10.1. The molecule has 0 saturated heterocycles. The van der Waals surface area contributed by atoms with Crippen LogP contribution in [0, 0.1) is 0 Å². The van der Waals surface area contributed by atoms with Gasteiger partial charge in [0.25, 0.3) is 0 Å². The van der Waals surface area contributed by atoms with Crippen LogP contribution < -0.4 is 15.6 Å². The quantitative estimate of drug-likeness (QED) is 0.0637. The van der Waals surface area contributed by atoms with Gasteiger partial charge in [0.1, 0.15) is 19.0 Å². The maximum absolute atomic E-state index is 14.8. The predicted molar refractivity (Wildman–Crippen MR) is 220 cm³/mol. The number of aliphatic hydroxyl groups excluding tert-OH is 1. The van der Waals surface area contributed by atoms with Crippen LogP contribution in [0.5, 0.6) is 0 Å². The molecule has 1 N–H and O–H groups in total. The van der Waals surface area contributed by atoms with Gasteiger partial charge in [-0.25, -0.2) is 4.79 Å². The largest absolute Gasteiger partial charge is 0.445 e. The molecule has 0 aliphatic carbocycles. The first-order valence-corrected chi connectivity index (χ1v) is 23.4. The van der Waals surface area contributed by atoms with E-state index >= 15 is 0 Å². The molecule has 0 bridgehead atoms. The average Bonchev–Trinajstić information content (AvgIpc) is 3.18. The van der Waals surface area contributed by atoms with Crippen molar-refractivity contribution < 1.29 is 23.9 Å². The molecule has 276 valence electrons. The Kier molecular flexibility index (Phi) is 13.4. The highest BCUT2D eigenvalue weighted by Gasteiger charge is 2.53. The summed E-state index contributed by atoms with van der Waals surface area (Å²) in [5.74, 6) is 0. The number of ether oxygens (including phenoxy) is 1. The molecule has 3 atom stereocenters. The number of nitrogens with zero attached hydrogens (tertiary/aromatic N) is 1. The van der Waals surface area contributed by atoms with E-state index in [1.165, 1.54) is 0 Å². The van der Waals surface area contributed by atoms with Crippen molar-refractivity contribution in [3.05, 3.63) is 163 Å². The Hall–Kier alpha value is -4.61. The Morgan fingerprint density at radius 1 is 0.698 bits per heavy atom. The number of carbonyl (C=O) groups is 2. The number of benzene rings is 5. The lowest BCUT2D eigenvalue weighted by Gasteiger charge is -2.48. The molecule has 53 heavy (non-hydrogen) atoms. The number of hydrogen-bond acceptors (Lipinski definition) is 5. The van der Waals surface area contributed by atoms with E-state index in [2.05, 4.69) is 70.3 Å². The topological polar surface area (TPSA) is 76.1 Å². The zero-order valence-corrected chi connectivity index (χ0v) is 33.6. The molecule has 5 aromatic rings. The molecular weight excluding hydrogens is 691 g/mol. The Balaban J connectivity index is 1.81. The molecule has 0 saturated carbocycles. The van der Waals surface area contributed by atoms with Gasteiger partial charge in [0.15, 0.2) is 16.4 Å². The van der Waals surface area contributed by atoms with Crippen LogP contribution in [0.2, 0.25) is 23.7 Å². The van der Waals surface area contributed by atoms with Gasteiger partial charge in [-0.2, -0.15) is 0 Å². The number of rotatable bonds is 16. The molecular formula is C45H53NO5Si2. The summed E-state index contributed by atoms with van der Waals surface area (Å²) in [7, 11) is -5.68. The molecule has 1 unspecified atom stereocenters. The lowest BCUT2D eigenvalue weighted by Crippen LogP contribution is -2.73. The molecule has 5 aromatic carbocycles. The standard InChI is InChI=1S/C45H53NO5Si2/c1-45(2,3)52(4,5)51-35-42(46(32-36-21-11-6-12-22-36)44(49)50-34-37-23-13-7-14-24-37)43(31-38(48)33-47)53(39-25-15-8-16-26-39,40-27-17-9-18-28-40)41-29-19-10-20-30-41/h6-30,33,38,42-43,48H,31-32,34-35H2,1-5H3/t38?,42-,43+/m1/s1. The van der Waals surface area contributed by atoms with Gasteiger partial charge in [-0.3, -0.25) is 4.90 Å². The van der Waals surface area contributed by atoms with E-state index in [4.69, 9.17) is 9.16 Å². The molecule has 0 aromatic heterocycles. The van der Waals surface area contributed by atoms with Crippen molar-refractivity contribution in [3.8, 4) is 0 Å². The normalized spacial score (nSPS) is 13.8. The molecule has 0 heterocycles. The van der Waals surface area contributed by atoms with Gasteiger partial charge < -0.3 is 19.1 Å². The molecule has 0 radical (unpaired) electrons. The van der Waals surface area contributed by atoms with Crippen molar-refractivity contribution in [3.63, 3.8) is 0 Å². The summed E-state index contributed by atoms with van der Waals surface area (Å²) in [6, 6.07) is 50.2. The van der Waals surface area contributed by atoms with Crippen LogP contribution in [0.15, 0.2) is 152 Å². The van der Waals surface area contributed by atoms with Gasteiger partial charge in [0, 0.05) is 6.54 Å². The second-order valence-electron chi connectivity index (χ2n) is 15.2. The van der Waals surface area contributed by atoms with Gasteiger partial charge in [-0.05, 0) is 56.8 Å². The van der Waals surface area contributed by atoms with Crippen LogP contribution in [-0.4, -0.2) is 57.5 Å². The Labute approximate surface area is 317 Å². The minimum absolute atomic E-state index is 0.0982. The van der Waals surface area contributed by atoms with E-state index in [0.29, 0.717) is 6.29 Å². The second kappa shape index (κ2) is 17.9. The molecule has 1 amide bonds. The van der Waals surface area contributed by atoms with Crippen LogP contribution in [0.1, 0.15) is 38.3 Å². The van der Waals surface area contributed by atoms with E-state index in [1.807, 2.05) is 120 Å². The second-order valence-corrected chi connectivity index (χ2v) is 24.1. The summed E-state index contributed by atoms with van der Waals surface area (Å²) in [5, 5.41) is 14.7. The zero-order chi connectivity index (χ0) is 37.9. The van der Waals surface area contributed by atoms with Crippen molar-refractivity contribution in [2.75, 3.05) is 6.61 Å². The first-order chi connectivity index (χ1) is 25.5. The fourth-order valence-corrected chi connectivity index (χ4v) is 13.9. The number of hydrogen-bond donors (Lipinski definition) is 1. The Bertz CT molecular complexity index is 1760. The summed E-state index contributed by atoms with van der Waals surface area (Å²) in [6.45, 7) is 11.6. The van der Waals surface area contributed by atoms with Crippen molar-refractivity contribution >= 4 is 44.3 Å². The van der Waals surface area contributed by atoms with Crippen LogP contribution >= 0.6 is 0 Å². The number of aliphatic hydroxyl groups is 1. The minimum Gasteiger partial charge on any atom is -0.445 e. The van der Waals surface area contributed by atoms with Gasteiger partial charge >= 0.3 is 6.09 Å². The summed E-state index contributed by atoms with van der Waals surface area (Å²) < 4.78 is 13.3. The molecule has 6 nitrogen and oxygen atoms in total. The Morgan fingerprint density at radius 2 is 1.11 bits per heavy atom. The summed E-state index contributed by atoms with van der Waals surface area (Å²) in [6.07, 6.45) is -1.03. The van der Waals surface area contributed by atoms with Crippen molar-refractivity contribution in [2.45, 2.75) is 76.2 Å².